The van der Waals surface area contributed by atoms with Gasteiger partial charge in [0.05, 0.1) is 0 Å². The Bertz CT molecular complexity index is 568. The molecule has 0 saturated carbocycles. The number of hydrazine groups is 1. The van der Waals surface area contributed by atoms with Crippen molar-refractivity contribution in [3.8, 4) is 0 Å². The van der Waals surface area contributed by atoms with Crippen LogP contribution in [0.25, 0.3) is 0 Å². The van der Waals surface area contributed by atoms with Crippen LogP contribution in [0.1, 0.15) is 16.7 Å². The number of nitrogen functional groups attached to an aromatic ring is 1. The number of nitrogens with two attached hydrogens (primary N) is 1. The Morgan fingerprint density at radius 1 is 1.26 bits per heavy atom. The van der Waals surface area contributed by atoms with Crippen molar-refractivity contribution in [1.29, 1.82) is 0 Å². The van der Waals surface area contributed by atoms with E-state index in [0.29, 0.717) is 5.82 Å². The predicted octanol–water partition coefficient (Wildman–Crippen LogP) is 2.02. The highest BCUT2D eigenvalue weighted by atomic mass is 15.3. The molecular formula is C14H19N5. The van der Waals surface area contributed by atoms with E-state index < -0.39 is 0 Å². The van der Waals surface area contributed by atoms with Crippen LogP contribution in [-0.2, 0) is 6.54 Å². The van der Waals surface area contributed by atoms with Crippen molar-refractivity contribution in [3.05, 3.63) is 47.3 Å². The normalized spacial score (nSPS) is 10.3. The fourth-order valence-electron chi connectivity index (χ4n) is 2.13. The van der Waals surface area contributed by atoms with Gasteiger partial charge < -0.3 is 10.3 Å². The third-order valence-electron chi connectivity index (χ3n) is 3.06. The largest absolute Gasteiger partial charge is 0.355 e. The van der Waals surface area contributed by atoms with Crippen LogP contribution < -0.4 is 16.2 Å². The molecule has 0 aliphatic heterocycles. The predicted molar refractivity (Wildman–Crippen MR) is 77.9 cm³/mol. The fourth-order valence-corrected chi connectivity index (χ4v) is 2.13. The summed E-state index contributed by atoms with van der Waals surface area (Å²) in [6.45, 7) is 4.84. The summed E-state index contributed by atoms with van der Waals surface area (Å²) < 4.78 is 0. The van der Waals surface area contributed by atoms with E-state index >= 15 is 0 Å². The molecule has 5 nitrogen and oxygen atoms in total. The highest BCUT2D eigenvalue weighted by molar-refractivity contribution is 5.57. The van der Waals surface area contributed by atoms with Crippen LogP contribution in [0.4, 0.5) is 11.6 Å². The van der Waals surface area contributed by atoms with Gasteiger partial charge in [-0.05, 0) is 19.4 Å². The Hall–Kier alpha value is -2.14. The molecule has 0 aliphatic rings. The summed E-state index contributed by atoms with van der Waals surface area (Å²) in [7, 11) is 2.01. The van der Waals surface area contributed by atoms with Crippen molar-refractivity contribution in [2.75, 3.05) is 17.4 Å². The number of anilines is 2. The molecule has 2 aromatic rings. The molecule has 1 aromatic carbocycles. The summed E-state index contributed by atoms with van der Waals surface area (Å²) in [6.07, 6.45) is 1.52. The zero-order valence-corrected chi connectivity index (χ0v) is 11.5. The molecule has 0 saturated heterocycles. The minimum Gasteiger partial charge on any atom is -0.355 e. The third-order valence-corrected chi connectivity index (χ3v) is 3.06. The molecule has 0 fully saturated rings. The smallest absolute Gasteiger partial charge is 0.148 e. The number of aryl methyl sites for hydroxylation is 1. The van der Waals surface area contributed by atoms with E-state index in [2.05, 4.69) is 51.5 Å². The van der Waals surface area contributed by atoms with Crippen molar-refractivity contribution in [1.82, 2.24) is 9.97 Å². The van der Waals surface area contributed by atoms with E-state index in [-0.39, 0.29) is 0 Å². The fraction of sp³-hybridized carbons (Fsp3) is 0.286. The van der Waals surface area contributed by atoms with Crippen LogP contribution in [0.15, 0.2) is 30.6 Å². The molecule has 0 amide bonds. The number of nitrogens with one attached hydrogen (secondary N) is 1. The molecule has 0 unspecified atom stereocenters. The molecule has 100 valence electrons. The number of aromatic nitrogens is 2. The van der Waals surface area contributed by atoms with Crippen molar-refractivity contribution in [2.24, 2.45) is 5.84 Å². The Morgan fingerprint density at radius 3 is 2.74 bits per heavy atom. The second-order valence-corrected chi connectivity index (χ2v) is 4.66. The van der Waals surface area contributed by atoms with Crippen LogP contribution in [-0.4, -0.2) is 17.0 Å². The van der Waals surface area contributed by atoms with Gasteiger partial charge in [-0.15, -0.1) is 0 Å². The molecule has 0 radical (unpaired) electrons. The van der Waals surface area contributed by atoms with E-state index in [1.807, 2.05) is 14.0 Å². The van der Waals surface area contributed by atoms with Crippen LogP contribution in [0.5, 0.6) is 0 Å². The minimum atomic E-state index is 0.654. The number of rotatable bonds is 4. The van der Waals surface area contributed by atoms with Crippen molar-refractivity contribution >= 4 is 11.6 Å². The molecule has 0 aliphatic carbocycles. The van der Waals surface area contributed by atoms with Gasteiger partial charge in [-0.2, -0.15) is 0 Å². The SMILES string of the molecule is Cc1cccc(CN(C)c2ncnc(NN)c2C)c1. The Labute approximate surface area is 113 Å². The first kappa shape index (κ1) is 13.3. The minimum absolute atomic E-state index is 0.654. The van der Waals surface area contributed by atoms with Crippen LogP contribution in [0, 0.1) is 13.8 Å². The summed E-state index contributed by atoms with van der Waals surface area (Å²) in [5.74, 6) is 6.97. The lowest BCUT2D eigenvalue weighted by Crippen LogP contribution is -2.20. The van der Waals surface area contributed by atoms with Gasteiger partial charge in [0, 0.05) is 19.2 Å². The number of hydrogen-bond donors (Lipinski definition) is 2. The van der Waals surface area contributed by atoms with Gasteiger partial charge in [-0.1, -0.05) is 29.8 Å². The molecule has 0 bridgehead atoms. The number of hydrogen-bond acceptors (Lipinski definition) is 5. The van der Waals surface area contributed by atoms with Gasteiger partial charge >= 0.3 is 0 Å². The van der Waals surface area contributed by atoms with Crippen molar-refractivity contribution in [2.45, 2.75) is 20.4 Å². The van der Waals surface area contributed by atoms with Crippen LogP contribution in [0.2, 0.25) is 0 Å². The van der Waals surface area contributed by atoms with Crippen molar-refractivity contribution < 1.29 is 0 Å². The zero-order valence-electron chi connectivity index (χ0n) is 11.5. The number of nitrogens with zero attached hydrogens (tertiary/aromatic N) is 3. The maximum Gasteiger partial charge on any atom is 0.148 e. The van der Waals surface area contributed by atoms with Crippen LogP contribution in [0.3, 0.4) is 0 Å². The second kappa shape index (κ2) is 5.67. The number of benzene rings is 1. The molecule has 3 N–H and O–H groups in total. The molecular weight excluding hydrogens is 238 g/mol. The molecule has 0 spiro atoms. The average molecular weight is 257 g/mol. The molecule has 1 heterocycles. The van der Waals surface area contributed by atoms with Gasteiger partial charge in [0.25, 0.3) is 0 Å². The van der Waals surface area contributed by atoms with Crippen molar-refractivity contribution in [3.63, 3.8) is 0 Å². The van der Waals surface area contributed by atoms with E-state index in [1.54, 1.807) is 0 Å². The monoisotopic (exact) mass is 257 g/mol. The summed E-state index contributed by atoms with van der Waals surface area (Å²) in [5, 5.41) is 0. The van der Waals surface area contributed by atoms with Gasteiger partial charge in [-0.3, -0.25) is 0 Å². The summed E-state index contributed by atoms with van der Waals surface area (Å²) >= 11 is 0. The van der Waals surface area contributed by atoms with Crippen LogP contribution >= 0.6 is 0 Å². The highest BCUT2D eigenvalue weighted by Crippen LogP contribution is 2.21. The maximum absolute atomic E-state index is 5.43. The first-order chi connectivity index (χ1) is 9.11. The van der Waals surface area contributed by atoms with E-state index in [9.17, 15) is 0 Å². The van der Waals surface area contributed by atoms with Gasteiger partial charge in [0.2, 0.25) is 0 Å². The summed E-state index contributed by atoms with van der Waals surface area (Å²) in [6, 6.07) is 8.45. The van der Waals surface area contributed by atoms with E-state index in [4.69, 9.17) is 5.84 Å². The lowest BCUT2D eigenvalue weighted by molar-refractivity contribution is 0.881. The summed E-state index contributed by atoms with van der Waals surface area (Å²) in [5.41, 5.74) is 6.04. The Morgan fingerprint density at radius 2 is 2.05 bits per heavy atom. The highest BCUT2D eigenvalue weighted by Gasteiger charge is 2.10. The first-order valence-corrected chi connectivity index (χ1v) is 6.16. The third kappa shape index (κ3) is 3.00. The van der Waals surface area contributed by atoms with E-state index in [0.717, 1.165) is 17.9 Å². The molecule has 19 heavy (non-hydrogen) atoms. The zero-order chi connectivity index (χ0) is 13.8. The Kier molecular flexibility index (Phi) is 3.97. The molecule has 5 heteroatoms. The quantitative estimate of drug-likeness (QED) is 0.648. The Balaban J connectivity index is 2.23. The lowest BCUT2D eigenvalue weighted by Gasteiger charge is -2.21. The second-order valence-electron chi connectivity index (χ2n) is 4.66. The van der Waals surface area contributed by atoms with Gasteiger partial charge in [0.15, 0.2) is 0 Å². The van der Waals surface area contributed by atoms with Gasteiger partial charge in [-0.25, -0.2) is 15.8 Å². The topological polar surface area (TPSA) is 67.1 Å². The van der Waals surface area contributed by atoms with E-state index in [1.165, 1.54) is 17.5 Å². The maximum atomic E-state index is 5.43. The summed E-state index contributed by atoms with van der Waals surface area (Å²) in [4.78, 5) is 10.5. The molecule has 2 rings (SSSR count). The van der Waals surface area contributed by atoms with Gasteiger partial charge in [0.1, 0.15) is 18.0 Å². The molecule has 0 atom stereocenters. The lowest BCUT2D eigenvalue weighted by atomic mass is 10.1. The standard InChI is InChI=1S/C14H19N5/c1-10-5-4-6-12(7-10)8-19(3)14-11(2)13(18-15)16-9-17-14/h4-7,9H,8,15H2,1-3H3,(H,16,17,18). The average Bonchev–Trinajstić information content (AvgIpc) is 2.39. The first-order valence-electron chi connectivity index (χ1n) is 6.16. The molecule has 1 aromatic heterocycles.